The van der Waals surface area contributed by atoms with E-state index in [1.54, 1.807) is 7.11 Å². The molecule has 0 saturated heterocycles. The van der Waals surface area contributed by atoms with Crippen molar-refractivity contribution in [2.24, 2.45) is 0 Å². The van der Waals surface area contributed by atoms with Gasteiger partial charge >= 0.3 is 5.97 Å². The molecule has 0 aromatic heterocycles. The molecule has 0 heterocycles. The summed E-state index contributed by atoms with van der Waals surface area (Å²) in [6.07, 6.45) is 0.438. The molecule has 0 spiro atoms. The zero-order valence-electron chi connectivity index (χ0n) is 13.3. The van der Waals surface area contributed by atoms with Crippen molar-refractivity contribution in [3.05, 3.63) is 0 Å². The third kappa shape index (κ3) is 14.0. The minimum atomic E-state index is -0.850. The number of carboxylic acids is 1. The number of hydrogen-bond acceptors (Lipinski definition) is 6. The summed E-state index contributed by atoms with van der Waals surface area (Å²) in [6.45, 7) is 7.34. The highest BCUT2D eigenvalue weighted by molar-refractivity contribution is 5.73. The Balaban J connectivity index is 3.36. The molecule has 0 aromatic carbocycles. The summed E-state index contributed by atoms with van der Waals surface area (Å²) in [5.74, 6) is -0.850. The van der Waals surface area contributed by atoms with Gasteiger partial charge in [-0.05, 0) is 6.42 Å². The van der Waals surface area contributed by atoms with E-state index in [0.29, 0.717) is 52.7 Å². The molecule has 0 aliphatic rings. The van der Waals surface area contributed by atoms with E-state index in [9.17, 15) is 4.79 Å². The first-order chi connectivity index (χ1) is 10.1. The molecule has 1 unspecified atom stereocenters. The summed E-state index contributed by atoms with van der Waals surface area (Å²) in [5, 5.41) is 12.0. The maximum atomic E-state index is 11.0. The Morgan fingerprint density at radius 1 is 0.952 bits per heavy atom. The molecule has 0 aromatic rings. The lowest BCUT2D eigenvalue weighted by atomic mass is 10.2. The number of rotatable bonds is 15. The number of aliphatic carboxylic acids is 1. The van der Waals surface area contributed by atoms with Crippen molar-refractivity contribution in [1.82, 2.24) is 5.32 Å². The molecule has 0 fully saturated rings. The van der Waals surface area contributed by atoms with Crippen LogP contribution >= 0.6 is 0 Å². The highest BCUT2D eigenvalue weighted by atomic mass is 16.6. The van der Waals surface area contributed by atoms with E-state index in [2.05, 4.69) is 5.32 Å². The van der Waals surface area contributed by atoms with Gasteiger partial charge < -0.3 is 29.4 Å². The van der Waals surface area contributed by atoms with E-state index in [1.165, 1.54) is 0 Å². The molecule has 2 N–H and O–H groups in total. The molecule has 1 atom stereocenters. The monoisotopic (exact) mass is 307 g/mol. The molecule has 0 aliphatic heterocycles. The minimum Gasteiger partial charge on any atom is -0.480 e. The third-order valence-electron chi connectivity index (χ3n) is 2.56. The molecule has 0 rings (SSSR count). The predicted octanol–water partition coefficient (Wildman–Crippen LogP) is 0.524. The van der Waals surface area contributed by atoms with Crippen LogP contribution in [0.4, 0.5) is 0 Å². The molecule has 7 nitrogen and oxygen atoms in total. The fourth-order valence-corrected chi connectivity index (χ4v) is 1.57. The Kier molecular flexibility index (Phi) is 13.7. The highest BCUT2D eigenvalue weighted by Gasteiger charge is 2.17. The lowest BCUT2D eigenvalue weighted by Gasteiger charge is -2.17. The van der Waals surface area contributed by atoms with Gasteiger partial charge in [0.1, 0.15) is 6.04 Å². The summed E-state index contributed by atoms with van der Waals surface area (Å²) in [4.78, 5) is 11.0. The van der Waals surface area contributed by atoms with Crippen LogP contribution in [-0.2, 0) is 23.7 Å². The van der Waals surface area contributed by atoms with Crippen LogP contribution in [-0.4, -0.2) is 76.5 Å². The standard InChI is InChI=1S/C14H29NO6/c1-12(2)15-13(14(16)17)4-5-19-8-9-21-11-10-20-7-6-18-3/h12-13,15H,4-11H2,1-3H3,(H,16,17). The van der Waals surface area contributed by atoms with Gasteiger partial charge in [-0.15, -0.1) is 0 Å². The van der Waals surface area contributed by atoms with E-state index in [0.717, 1.165) is 0 Å². The van der Waals surface area contributed by atoms with E-state index >= 15 is 0 Å². The van der Waals surface area contributed by atoms with Gasteiger partial charge in [0.25, 0.3) is 0 Å². The second-order valence-electron chi connectivity index (χ2n) is 4.83. The maximum Gasteiger partial charge on any atom is 0.320 e. The Labute approximate surface area is 126 Å². The zero-order chi connectivity index (χ0) is 15.9. The van der Waals surface area contributed by atoms with Gasteiger partial charge in [0.15, 0.2) is 0 Å². The van der Waals surface area contributed by atoms with Crippen molar-refractivity contribution in [3.8, 4) is 0 Å². The van der Waals surface area contributed by atoms with Gasteiger partial charge in [-0.2, -0.15) is 0 Å². The third-order valence-corrected chi connectivity index (χ3v) is 2.56. The summed E-state index contributed by atoms with van der Waals surface area (Å²) in [6, 6.07) is -0.437. The molecule has 0 radical (unpaired) electrons. The normalized spacial score (nSPS) is 12.8. The molecule has 126 valence electrons. The lowest BCUT2D eigenvalue weighted by molar-refractivity contribution is -0.140. The number of carbonyl (C=O) groups is 1. The van der Waals surface area contributed by atoms with E-state index in [-0.39, 0.29) is 6.04 Å². The average molecular weight is 307 g/mol. The van der Waals surface area contributed by atoms with Crippen LogP contribution in [0, 0.1) is 0 Å². The van der Waals surface area contributed by atoms with Crippen LogP contribution in [0.3, 0.4) is 0 Å². The zero-order valence-corrected chi connectivity index (χ0v) is 13.3. The number of carboxylic acid groups (broad SMARTS) is 1. The summed E-state index contributed by atoms with van der Waals surface area (Å²) >= 11 is 0. The van der Waals surface area contributed by atoms with Crippen molar-refractivity contribution in [2.45, 2.75) is 32.4 Å². The summed E-state index contributed by atoms with van der Waals surface area (Å²) < 4.78 is 20.7. The average Bonchev–Trinajstić information content (AvgIpc) is 2.42. The second-order valence-corrected chi connectivity index (χ2v) is 4.83. The van der Waals surface area contributed by atoms with Crippen LogP contribution < -0.4 is 5.32 Å². The SMILES string of the molecule is COCCOCCOCCOCCC(NC(C)C)C(=O)O. The van der Waals surface area contributed by atoms with E-state index in [4.69, 9.17) is 24.1 Å². The fourth-order valence-electron chi connectivity index (χ4n) is 1.57. The van der Waals surface area contributed by atoms with Gasteiger partial charge in [0, 0.05) is 19.8 Å². The van der Waals surface area contributed by atoms with Crippen LogP contribution in [0.15, 0.2) is 0 Å². The molecule has 0 saturated carbocycles. The van der Waals surface area contributed by atoms with Crippen LogP contribution in [0.1, 0.15) is 20.3 Å². The Hall–Kier alpha value is -0.730. The second kappa shape index (κ2) is 14.2. The number of nitrogens with one attached hydrogen (secondary N) is 1. The van der Waals surface area contributed by atoms with Crippen molar-refractivity contribution >= 4 is 5.97 Å². The van der Waals surface area contributed by atoms with Gasteiger partial charge in [-0.25, -0.2) is 0 Å². The lowest BCUT2D eigenvalue weighted by Crippen LogP contribution is -2.41. The maximum absolute atomic E-state index is 11.0. The van der Waals surface area contributed by atoms with Crippen molar-refractivity contribution in [2.75, 3.05) is 53.4 Å². The molecule has 0 aliphatic carbocycles. The topological polar surface area (TPSA) is 86.3 Å². The van der Waals surface area contributed by atoms with Crippen LogP contribution in [0.5, 0.6) is 0 Å². The molecular formula is C14H29NO6. The Morgan fingerprint density at radius 3 is 1.86 bits per heavy atom. The predicted molar refractivity (Wildman–Crippen MR) is 78.6 cm³/mol. The quantitative estimate of drug-likeness (QED) is 0.427. The van der Waals surface area contributed by atoms with Gasteiger partial charge in [0.05, 0.1) is 39.6 Å². The number of ether oxygens (including phenoxy) is 4. The smallest absolute Gasteiger partial charge is 0.320 e. The first-order valence-corrected chi connectivity index (χ1v) is 7.29. The van der Waals surface area contributed by atoms with Crippen LogP contribution in [0.2, 0.25) is 0 Å². The van der Waals surface area contributed by atoms with Crippen molar-refractivity contribution in [1.29, 1.82) is 0 Å². The summed E-state index contributed by atoms with van der Waals surface area (Å²) in [5.41, 5.74) is 0. The number of hydrogen-bond donors (Lipinski definition) is 2. The van der Waals surface area contributed by atoms with Gasteiger partial charge in [-0.1, -0.05) is 13.8 Å². The van der Waals surface area contributed by atoms with E-state index in [1.807, 2.05) is 13.8 Å². The molecular weight excluding hydrogens is 278 g/mol. The molecule has 0 bridgehead atoms. The molecule has 0 amide bonds. The van der Waals surface area contributed by atoms with E-state index < -0.39 is 12.0 Å². The molecule has 7 heteroatoms. The summed E-state index contributed by atoms with van der Waals surface area (Å²) in [7, 11) is 1.63. The van der Waals surface area contributed by atoms with Crippen molar-refractivity contribution in [3.63, 3.8) is 0 Å². The first kappa shape index (κ1) is 20.3. The minimum absolute atomic E-state index is 0.132. The molecule has 21 heavy (non-hydrogen) atoms. The van der Waals surface area contributed by atoms with Crippen molar-refractivity contribution < 1.29 is 28.8 Å². The largest absolute Gasteiger partial charge is 0.480 e. The fraction of sp³-hybridized carbons (Fsp3) is 0.929. The number of methoxy groups -OCH3 is 1. The van der Waals surface area contributed by atoms with Gasteiger partial charge in [0.2, 0.25) is 0 Å². The van der Waals surface area contributed by atoms with Gasteiger partial charge in [-0.3, -0.25) is 4.79 Å². The highest BCUT2D eigenvalue weighted by Crippen LogP contribution is 1.96. The Morgan fingerprint density at radius 2 is 1.43 bits per heavy atom. The Bertz CT molecular complexity index is 250. The first-order valence-electron chi connectivity index (χ1n) is 7.29. The van der Waals surface area contributed by atoms with Crippen LogP contribution in [0.25, 0.3) is 0 Å².